The van der Waals surface area contributed by atoms with Crippen LogP contribution in [-0.2, 0) is 12.8 Å². The third-order valence-electron chi connectivity index (χ3n) is 3.20. The Bertz CT molecular complexity index is 673. The SMILES string of the molecule is [c]1cccc2c1-c1sc3ccsc3c1CC2. The summed E-state index contributed by atoms with van der Waals surface area (Å²) in [6.07, 6.45) is 2.37. The highest BCUT2D eigenvalue weighted by Crippen LogP contribution is 2.45. The fraction of sp³-hybridized carbons (Fsp3) is 0.143. The van der Waals surface area contributed by atoms with Gasteiger partial charge in [-0.3, -0.25) is 0 Å². The maximum Gasteiger partial charge on any atom is 0.0489 e. The van der Waals surface area contributed by atoms with E-state index in [1.165, 1.54) is 38.2 Å². The molecule has 0 saturated carbocycles. The van der Waals surface area contributed by atoms with Gasteiger partial charge < -0.3 is 0 Å². The lowest BCUT2D eigenvalue weighted by atomic mass is 9.92. The Morgan fingerprint density at radius 3 is 3.19 bits per heavy atom. The smallest absolute Gasteiger partial charge is 0.0489 e. The molecule has 2 heterocycles. The van der Waals surface area contributed by atoms with Gasteiger partial charge in [-0.05, 0) is 41.5 Å². The maximum atomic E-state index is 3.41. The second kappa shape index (κ2) is 3.19. The summed E-state index contributed by atoms with van der Waals surface area (Å²) in [4.78, 5) is 1.46. The number of aryl methyl sites for hydroxylation is 2. The molecule has 2 heteroatoms. The molecule has 3 aromatic rings. The van der Waals surface area contributed by atoms with Gasteiger partial charge in [0, 0.05) is 19.8 Å². The van der Waals surface area contributed by atoms with Crippen LogP contribution >= 0.6 is 22.7 Å². The molecule has 1 radical (unpaired) electrons. The van der Waals surface area contributed by atoms with Crippen molar-refractivity contribution in [3.8, 4) is 10.4 Å². The van der Waals surface area contributed by atoms with E-state index in [2.05, 4.69) is 29.6 Å². The molecule has 4 rings (SSSR count). The third kappa shape index (κ3) is 1.09. The topological polar surface area (TPSA) is 0 Å². The van der Waals surface area contributed by atoms with Crippen molar-refractivity contribution in [3.63, 3.8) is 0 Å². The standard InChI is InChI=1S/C14H9S2/c1-2-4-10-9(3-1)5-6-11-13(10)16-12-7-8-15-14(11)12/h1-3,7-8H,5-6H2. The molecule has 0 fully saturated rings. The van der Waals surface area contributed by atoms with Crippen molar-refractivity contribution in [3.05, 3.63) is 46.8 Å². The molecular weight excluding hydrogens is 232 g/mol. The molecule has 0 nitrogen and oxygen atoms in total. The number of rotatable bonds is 0. The van der Waals surface area contributed by atoms with Crippen LogP contribution in [0.1, 0.15) is 11.1 Å². The zero-order valence-corrected chi connectivity index (χ0v) is 10.3. The quantitative estimate of drug-likeness (QED) is 0.542. The second-order valence-corrected chi connectivity index (χ2v) is 6.06. The molecule has 0 aliphatic heterocycles. The first-order valence-corrected chi connectivity index (χ1v) is 7.12. The molecule has 1 aliphatic rings. The Kier molecular flexibility index (Phi) is 1.79. The predicted molar refractivity (Wildman–Crippen MR) is 71.4 cm³/mol. The molecule has 2 aromatic heterocycles. The van der Waals surface area contributed by atoms with E-state index in [-0.39, 0.29) is 0 Å². The lowest BCUT2D eigenvalue weighted by Crippen LogP contribution is -2.00. The first-order valence-electron chi connectivity index (χ1n) is 5.42. The molecule has 0 amide bonds. The molecule has 0 saturated heterocycles. The van der Waals surface area contributed by atoms with Crippen LogP contribution in [0.5, 0.6) is 0 Å². The largest absolute Gasteiger partial charge is 0.143 e. The van der Waals surface area contributed by atoms with Gasteiger partial charge in [0.25, 0.3) is 0 Å². The second-order valence-electron chi connectivity index (χ2n) is 4.09. The molecule has 1 aliphatic carbocycles. The first kappa shape index (κ1) is 8.97. The van der Waals surface area contributed by atoms with E-state index in [9.17, 15) is 0 Å². The first-order chi connectivity index (χ1) is 7.93. The number of fused-ring (bicyclic) bond motifs is 5. The van der Waals surface area contributed by atoms with Gasteiger partial charge in [-0.2, -0.15) is 0 Å². The lowest BCUT2D eigenvalue weighted by molar-refractivity contribution is 0.958. The van der Waals surface area contributed by atoms with E-state index in [1.54, 1.807) is 5.56 Å². The summed E-state index contributed by atoms with van der Waals surface area (Å²) in [5.41, 5.74) is 4.37. The molecule has 0 unspecified atom stereocenters. The molecule has 0 N–H and O–H groups in total. The number of hydrogen-bond acceptors (Lipinski definition) is 2. The summed E-state index contributed by atoms with van der Waals surface area (Å²) in [7, 11) is 0. The summed E-state index contributed by atoms with van der Waals surface area (Å²) >= 11 is 3.81. The van der Waals surface area contributed by atoms with Gasteiger partial charge >= 0.3 is 0 Å². The van der Waals surface area contributed by atoms with Gasteiger partial charge in [0.2, 0.25) is 0 Å². The van der Waals surface area contributed by atoms with Gasteiger partial charge in [0.1, 0.15) is 0 Å². The average Bonchev–Trinajstić information content (AvgIpc) is 2.88. The molecule has 0 spiro atoms. The van der Waals surface area contributed by atoms with Gasteiger partial charge in [0.15, 0.2) is 0 Å². The summed E-state index contributed by atoms with van der Waals surface area (Å²) < 4.78 is 2.95. The van der Waals surface area contributed by atoms with Crippen molar-refractivity contribution in [1.29, 1.82) is 0 Å². The Morgan fingerprint density at radius 1 is 1.19 bits per heavy atom. The van der Waals surface area contributed by atoms with E-state index >= 15 is 0 Å². The average molecular weight is 241 g/mol. The number of benzene rings is 1. The molecule has 16 heavy (non-hydrogen) atoms. The monoisotopic (exact) mass is 241 g/mol. The Labute approximate surface area is 102 Å². The van der Waals surface area contributed by atoms with Crippen LogP contribution in [-0.4, -0.2) is 0 Å². The summed E-state index contributed by atoms with van der Waals surface area (Å²) in [6, 6.07) is 12.0. The highest BCUT2D eigenvalue weighted by molar-refractivity contribution is 7.29. The van der Waals surface area contributed by atoms with Crippen molar-refractivity contribution in [2.45, 2.75) is 12.8 Å². The van der Waals surface area contributed by atoms with Crippen molar-refractivity contribution in [2.75, 3.05) is 0 Å². The van der Waals surface area contributed by atoms with Gasteiger partial charge in [-0.1, -0.05) is 18.2 Å². The maximum absolute atomic E-state index is 3.41. The Hall–Kier alpha value is -1.12. The molecule has 1 aromatic carbocycles. The van der Waals surface area contributed by atoms with Crippen LogP contribution in [0.2, 0.25) is 0 Å². The Morgan fingerprint density at radius 2 is 2.19 bits per heavy atom. The Balaban J connectivity index is 2.10. The lowest BCUT2D eigenvalue weighted by Gasteiger charge is -2.15. The van der Waals surface area contributed by atoms with Crippen molar-refractivity contribution < 1.29 is 0 Å². The van der Waals surface area contributed by atoms with E-state index < -0.39 is 0 Å². The summed E-state index contributed by atoms with van der Waals surface area (Å²) in [6.45, 7) is 0. The van der Waals surface area contributed by atoms with E-state index in [0.717, 1.165) is 0 Å². The minimum atomic E-state index is 1.17. The fourth-order valence-corrected chi connectivity index (χ4v) is 4.93. The van der Waals surface area contributed by atoms with Crippen LogP contribution < -0.4 is 0 Å². The highest BCUT2D eigenvalue weighted by Gasteiger charge is 2.21. The fourth-order valence-electron chi connectivity index (χ4n) is 2.45. The van der Waals surface area contributed by atoms with Crippen molar-refractivity contribution in [2.24, 2.45) is 0 Å². The van der Waals surface area contributed by atoms with E-state index in [1.807, 2.05) is 28.7 Å². The van der Waals surface area contributed by atoms with Gasteiger partial charge in [-0.15, -0.1) is 22.7 Å². The molecule has 77 valence electrons. The molecular formula is C14H9S2. The normalized spacial score (nSPS) is 13.8. The number of thiophene rings is 2. The molecule has 0 atom stereocenters. The molecule has 0 bridgehead atoms. The zero-order valence-electron chi connectivity index (χ0n) is 8.62. The van der Waals surface area contributed by atoms with Crippen molar-refractivity contribution >= 4 is 32.1 Å². The minimum absolute atomic E-state index is 1.17. The van der Waals surface area contributed by atoms with E-state index in [0.29, 0.717) is 0 Å². The van der Waals surface area contributed by atoms with Crippen LogP contribution in [0.4, 0.5) is 0 Å². The minimum Gasteiger partial charge on any atom is -0.143 e. The summed E-state index contributed by atoms with van der Waals surface area (Å²) in [5, 5.41) is 2.20. The number of hydrogen-bond donors (Lipinski definition) is 0. The zero-order chi connectivity index (χ0) is 10.5. The van der Waals surface area contributed by atoms with Gasteiger partial charge in [-0.25, -0.2) is 0 Å². The third-order valence-corrected chi connectivity index (χ3v) is 5.52. The highest BCUT2D eigenvalue weighted by atomic mass is 32.1. The van der Waals surface area contributed by atoms with Crippen molar-refractivity contribution in [1.82, 2.24) is 0 Å². The summed E-state index contributed by atoms with van der Waals surface area (Å²) in [5.74, 6) is 0. The van der Waals surface area contributed by atoms with Crippen LogP contribution in [0.3, 0.4) is 0 Å². The van der Waals surface area contributed by atoms with Crippen LogP contribution in [0.25, 0.3) is 19.8 Å². The van der Waals surface area contributed by atoms with Gasteiger partial charge in [0.05, 0.1) is 0 Å². The van der Waals surface area contributed by atoms with Crippen LogP contribution in [0.15, 0.2) is 29.6 Å². The van der Waals surface area contributed by atoms with Crippen LogP contribution in [0, 0.1) is 6.07 Å². The van der Waals surface area contributed by atoms with E-state index in [4.69, 9.17) is 0 Å². The predicted octanol–water partition coefficient (Wildman–Crippen LogP) is 4.53.